The third-order valence-electron chi connectivity index (χ3n) is 4.21. The van der Waals surface area contributed by atoms with E-state index >= 15 is 4.39 Å². The summed E-state index contributed by atoms with van der Waals surface area (Å²) in [7, 11) is 0. The molecule has 0 aliphatic carbocycles. The molecule has 1 aromatic heterocycles. The van der Waals surface area contributed by atoms with Gasteiger partial charge < -0.3 is 11.1 Å². The SMILES string of the molecule is CC[C@@H](NC[C@H](C)C(N)=O)c1ccc(Cl)c(C(=O)c2cccnc2)c1F. The number of nitrogens with zero attached hydrogens (tertiary/aromatic N) is 1. The average Bonchev–Trinajstić information content (AvgIpc) is 2.63. The predicted molar refractivity (Wildman–Crippen MR) is 98.5 cm³/mol. The smallest absolute Gasteiger partial charge is 0.221 e. The number of benzene rings is 1. The van der Waals surface area contributed by atoms with Gasteiger partial charge in [-0.2, -0.15) is 0 Å². The molecule has 2 aromatic rings. The molecule has 1 amide bonds. The van der Waals surface area contributed by atoms with Crippen molar-refractivity contribution >= 4 is 23.3 Å². The first-order chi connectivity index (χ1) is 12.4. The molecule has 3 N–H and O–H groups in total. The van der Waals surface area contributed by atoms with E-state index in [2.05, 4.69) is 10.3 Å². The maximum absolute atomic E-state index is 15.1. The van der Waals surface area contributed by atoms with Crippen LogP contribution in [0.25, 0.3) is 0 Å². The summed E-state index contributed by atoms with van der Waals surface area (Å²) >= 11 is 6.10. The van der Waals surface area contributed by atoms with Gasteiger partial charge in [-0.05, 0) is 24.6 Å². The molecule has 0 fully saturated rings. The Hall–Kier alpha value is -2.31. The largest absolute Gasteiger partial charge is 0.369 e. The standard InChI is InChI=1S/C19H21ClFN3O2/c1-3-15(24-9-11(2)19(22)26)13-6-7-14(20)16(17(13)21)18(25)12-5-4-8-23-10-12/h4-8,10-11,15,24H,3,9H2,1-2H3,(H2,22,26)/t11-,15+/m0/s1. The number of rotatable bonds is 8. The van der Waals surface area contributed by atoms with Crippen molar-refractivity contribution in [3.8, 4) is 0 Å². The second kappa shape index (κ2) is 8.87. The molecule has 0 saturated heterocycles. The highest BCUT2D eigenvalue weighted by molar-refractivity contribution is 6.35. The molecule has 0 bridgehead atoms. The van der Waals surface area contributed by atoms with E-state index in [1.54, 1.807) is 25.1 Å². The van der Waals surface area contributed by atoms with E-state index in [1.807, 2.05) is 6.92 Å². The van der Waals surface area contributed by atoms with Crippen LogP contribution in [0.2, 0.25) is 5.02 Å². The molecule has 2 atom stereocenters. The lowest BCUT2D eigenvalue weighted by Gasteiger charge is -2.21. The van der Waals surface area contributed by atoms with Gasteiger partial charge in [0, 0.05) is 42.0 Å². The van der Waals surface area contributed by atoms with Crippen molar-refractivity contribution in [1.82, 2.24) is 10.3 Å². The number of hydrogen-bond acceptors (Lipinski definition) is 4. The molecule has 0 aliphatic heterocycles. The zero-order chi connectivity index (χ0) is 19.3. The first-order valence-electron chi connectivity index (χ1n) is 8.32. The third-order valence-corrected chi connectivity index (χ3v) is 4.53. The van der Waals surface area contributed by atoms with Gasteiger partial charge in [-0.25, -0.2) is 4.39 Å². The highest BCUT2D eigenvalue weighted by Gasteiger charge is 2.24. The van der Waals surface area contributed by atoms with E-state index in [-0.39, 0.29) is 22.2 Å². The van der Waals surface area contributed by atoms with E-state index in [0.29, 0.717) is 18.5 Å². The molecule has 5 nitrogen and oxygen atoms in total. The molecule has 0 saturated carbocycles. The van der Waals surface area contributed by atoms with Gasteiger partial charge in [0.2, 0.25) is 5.91 Å². The van der Waals surface area contributed by atoms with Gasteiger partial charge in [-0.1, -0.05) is 31.5 Å². The van der Waals surface area contributed by atoms with E-state index in [1.165, 1.54) is 18.5 Å². The molecule has 138 valence electrons. The molecule has 7 heteroatoms. The summed E-state index contributed by atoms with van der Waals surface area (Å²) in [6.45, 7) is 3.88. The van der Waals surface area contributed by atoms with E-state index in [0.717, 1.165) is 0 Å². The fourth-order valence-electron chi connectivity index (χ4n) is 2.58. The number of carbonyl (C=O) groups is 2. The number of primary amides is 1. The van der Waals surface area contributed by atoms with Crippen LogP contribution in [0.3, 0.4) is 0 Å². The molecule has 26 heavy (non-hydrogen) atoms. The lowest BCUT2D eigenvalue weighted by Crippen LogP contribution is -2.33. The van der Waals surface area contributed by atoms with Crippen molar-refractivity contribution < 1.29 is 14.0 Å². The first kappa shape index (κ1) is 20.0. The summed E-state index contributed by atoms with van der Waals surface area (Å²) in [6, 6.07) is 5.83. The van der Waals surface area contributed by atoms with E-state index < -0.39 is 23.4 Å². The number of pyridine rings is 1. The van der Waals surface area contributed by atoms with E-state index in [4.69, 9.17) is 17.3 Å². The maximum atomic E-state index is 15.1. The van der Waals surface area contributed by atoms with Crippen LogP contribution >= 0.6 is 11.6 Å². The third kappa shape index (κ3) is 4.45. The average molecular weight is 378 g/mol. The number of carbonyl (C=O) groups excluding carboxylic acids is 2. The second-order valence-electron chi connectivity index (χ2n) is 6.07. The van der Waals surface area contributed by atoms with Crippen molar-refractivity contribution in [2.45, 2.75) is 26.3 Å². The van der Waals surface area contributed by atoms with Crippen LogP contribution in [0.1, 0.15) is 47.8 Å². The molecule has 2 rings (SSSR count). The summed E-state index contributed by atoms with van der Waals surface area (Å²) in [4.78, 5) is 27.7. The second-order valence-corrected chi connectivity index (χ2v) is 6.48. The topological polar surface area (TPSA) is 85.1 Å². The van der Waals surface area contributed by atoms with Crippen molar-refractivity contribution in [1.29, 1.82) is 0 Å². The van der Waals surface area contributed by atoms with Gasteiger partial charge in [0.1, 0.15) is 5.82 Å². The Kier molecular flexibility index (Phi) is 6.83. The van der Waals surface area contributed by atoms with Gasteiger partial charge in [0.05, 0.1) is 10.6 Å². The van der Waals surface area contributed by atoms with Crippen LogP contribution in [-0.4, -0.2) is 23.2 Å². The van der Waals surface area contributed by atoms with Crippen LogP contribution in [0.15, 0.2) is 36.7 Å². The Morgan fingerprint density at radius 3 is 2.65 bits per heavy atom. The Labute approximate surface area is 156 Å². The van der Waals surface area contributed by atoms with Crippen LogP contribution in [-0.2, 0) is 4.79 Å². The molecular weight excluding hydrogens is 357 g/mol. The van der Waals surface area contributed by atoms with Crippen LogP contribution in [0.4, 0.5) is 4.39 Å². The number of amides is 1. The number of ketones is 1. The first-order valence-corrected chi connectivity index (χ1v) is 8.69. The Bertz CT molecular complexity index is 799. The Morgan fingerprint density at radius 2 is 2.08 bits per heavy atom. The summed E-state index contributed by atoms with van der Waals surface area (Å²) in [5.74, 6) is -2.02. The zero-order valence-corrected chi connectivity index (χ0v) is 15.4. The molecular formula is C19H21ClFN3O2. The summed E-state index contributed by atoms with van der Waals surface area (Å²) in [5.41, 5.74) is 5.66. The van der Waals surface area contributed by atoms with Gasteiger partial charge in [-0.3, -0.25) is 14.6 Å². The summed E-state index contributed by atoms with van der Waals surface area (Å²) < 4.78 is 15.1. The molecule has 0 unspecified atom stereocenters. The van der Waals surface area contributed by atoms with Gasteiger partial charge in [0.15, 0.2) is 5.78 Å². The molecule has 0 aliphatic rings. The van der Waals surface area contributed by atoms with Crippen LogP contribution in [0, 0.1) is 11.7 Å². The highest BCUT2D eigenvalue weighted by Crippen LogP contribution is 2.29. The Morgan fingerprint density at radius 1 is 1.35 bits per heavy atom. The number of halogens is 2. The molecule has 1 heterocycles. The highest BCUT2D eigenvalue weighted by atomic mass is 35.5. The molecule has 0 spiro atoms. The summed E-state index contributed by atoms with van der Waals surface area (Å²) in [5, 5.41) is 3.17. The fraction of sp³-hybridized carbons (Fsp3) is 0.316. The molecule has 0 radical (unpaired) electrons. The Balaban J connectivity index is 2.35. The van der Waals surface area contributed by atoms with Gasteiger partial charge >= 0.3 is 0 Å². The number of hydrogen-bond donors (Lipinski definition) is 2. The van der Waals surface area contributed by atoms with E-state index in [9.17, 15) is 9.59 Å². The zero-order valence-electron chi connectivity index (χ0n) is 14.6. The normalized spacial score (nSPS) is 13.2. The number of nitrogens with one attached hydrogen (secondary N) is 1. The maximum Gasteiger partial charge on any atom is 0.221 e. The minimum absolute atomic E-state index is 0.0421. The van der Waals surface area contributed by atoms with Crippen LogP contribution < -0.4 is 11.1 Å². The van der Waals surface area contributed by atoms with Gasteiger partial charge in [0.25, 0.3) is 0 Å². The molecule has 1 aromatic carbocycles. The predicted octanol–water partition coefficient (Wildman–Crippen LogP) is 3.27. The lowest BCUT2D eigenvalue weighted by molar-refractivity contribution is -0.121. The minimum atomic E-state index is -0.669. The lowest BCUT2D eigenvalue weighted by atomic mass is 9.96. The minimum Gasteiger partial charge on any atom is -0.369 e. The van der Waals surface area contributed by atoms with Crippen molar-refractivity contribution in [2.24, 2.45) is 11.7 Å². The quantitative estimate of drug-likeness (QED) is 0.691. The summed E-state index contributed by atoms with van der Waals surface area (Å²) in [6.07, 6.45) is 3.46. The monoisotopic (exact) mass is 377 g/mol. The van der Waals surface area contributed by atoms with Crippen LogP contribution in [0.5, 0.6) is 0 Å². The van der Waals surface area contributed by atoms with Crippen molar-refractivity contribution in [3.63, 3.8) is 0 Å². The van der Waals surface area contributed by atoms with Gasteiger partial charge in [-0.15, -0.1) is 0 Å². The number of nitrogens with two attached hydrogens (primary N) is 1. The van der Waals surface area contributed by atoms with Crippen molar-refractivity contribution in [3.05, 3.63) is 64.2 Å². The fourth-order valence-corrected chi connectivity index (χ4v) is 2.81. The number of aromatic nitrogens is 1. The van der Waals surface area contributed by atoms with Crippen molar-refractivity contribution in [2.75, 3.05) is 6.54 Å².